The number of carbonyl (C=O) groups excluding carboxylic acids is 1. The van der Waals surface area contributed by atoms with Crippen molar-refractivity contribution in [1.29, 1.82) is 0 Å². The van der Waals surface area contributed by atoms with Gasteiger partial charge in [-0.05, 0) is 42.8 Å². The Kier molecular flexibility index (Phi) is 5.02. The van der Waals surface area contributed by atoms with Gasteiger partial charge in [-0.25, -0.2) is 0 Å². The molecular formula is C16H17ClN2O. The fraction of sp³-hybridized carbons (Fsp3) is 0.188. The Bertz CT molecular complexity index is 599. The number of benzene rings is 2. The number of anilines is 2. The molecule has 0 aliphatic carbocycles. The van der Waals surface area contributed by atoms with Crippen LogP contribution in [0.4, 0.5) is 11.4 Å². The number of nitrogens with one attached hydrogen (secondary N) is 2. The van der Waals surface area contributed by atoms with E-state index >= 15 is 0 Å². The minimum atomic E-state index is -0.00914. The molecule has 0 aromatic heterocycles. The third-order valence-electron chi connectivity index (χ3n) is 2.81. The second kappa shape index (κ2) is 6.96. The van der Waals surface area contributed by atoms with Crippen molar-refractivity contribution in [3.8, 4) is 0 Å². The van der Waals surface area contributed by atoms with Crippen molar-refractivity contribution in [3.05, 3.63) is 59.1 Å². The maximum atomic E-state index is 11.8. The lowest BCUT2D eigenvalue weighted by atomic mass is 10.2. The maximum absolute atomic E-state index is 11.8. The summed E-state index contributed by atoms with van der Waals surface area (Å²) in [4.78, 5) is 11.8. The molecule has 0 saturated heterocycles. The van der Waals surface area contributed by atoms with Crippen LogP contribution >= 0.6 is 11.6 Å². The predicted octanol–water partition coefficient (Wildman–Crippen LogP) is 4.09. The maximum Gasteiger partial charge on any atom is 0.226 e. The summed E-state index contributed by atoms with van der Waals surface area (Å²) in [6.45, 7) is 2.56. The van der Waals surface area contributed by atoms with Crippen LogP contribution in [0.2, 0.25) is 5.02 Å². The van der Waals surface area contributed by atoms with Crippen LogP contribution in [-0.2, 0) is 4.79 Å². The van der Waals surface area contributed by atoms with Gasteiger partial charge in [-0.3, -0.25) is 4.79 Å². The first kappa shape index (κ1) is 14.4. The van der Waals surface area contributed by atoms with Gasteiger partial charge in [0.25, 0.3) is 0 Å². The number of aryl methyl sites for hydroxylation is 1. The van der Waals surface area contributed by atoms with Crippen LogP contribution < -0.4 is 10.6 Å². The smallest absolute Gasteiger partial charge is 0.226 e. The Labute approximate surface area is 124 Å². The van der Waals surface area contributed by atoms with E-state index in [1.165, 1.54) is 0 Å². The van der Waals surface area contributed by atoms with Gasteiger partial charge < -0.3 is 10.6 Å². The topological polar surface area (TPSA) is 41.1 Å². The Morgan fingerprint density at radius 2 is 1.85 bits per heavy atom. The van der Waals surface area contributed by atoms with Gasteiger partial charge in [0.05, 0.1) is 0 Å². The lowest BCUT2D eigenvalue weighted by Crippen LogP contribution is -2.16. The zero-order chi connectivity index (χ0) is 14.4. The Hall–Kier alpha value is -2.00. The fourth-order valence-electron chi connectivity index (χ4n) is 1.87. The van der Waals surface area contributed by atoms with Gasteiger partial charge in [-0.1, -0.05) is 29.8 Å². The number of rotatable bonds is 5. The van der Waals surface area contributed by atoms with Crippen LogP contribution in [0.5, 0.6) is 0 Å². The molecule has 2 aromatic carbocycles. The molecule has 2 N–H and O–H groups in total. The molecule has 2 aromatic rings. The van der Waals surface area contributed by atoms with E-state index in [4.69, 9.17) is 11.6 Å². The SMILES string of the molecule is Cc1cccc(NC(=O)CCNc2cccc(Cl)c2)c1. The molecule has 0 unspecified atom stereocenters. The number of amides is 1. The van der Waals surface area contributed by atoms with Gasteiger partial charge in [0.2, 0.25) is 5.91 Å². The zero-order valence-electron chi connectivity index (χ0n) is 11.3. The van der Waals surface area contributed by atoms with E-state index in [-0.39, 0.29) is 5.91 Å². The standard InChI is InChI=1S/C16H17ClN2O/c1-12-4-2-7-15(10-12)19-16(20)8-9-18-14-6-3-5-13(17)11-14/h2-7,10-11,18H,8-9H2,1H3,(H,19,20). The molecule has 0 saturated carbocycles. The lowest BCUT2D eigenvalue weighted by Gasteiger charge is -2.08. The van der Waals surface area contributed by atoms with Crippen molar-refractivity contribution in [2.75, 3.05) is 17.2 Å². The number of carbonyl (C=O) groups is 1. The molecule has 1 amide bonds. The number of hydrogen-bond donors (Lipinski definition) is 2. The normalized spacial score (nSPS) is 10.1. The van der Waals surface area contributed by atoms with Crippen LogP contribution in [0.3, 0.4) is 0 Å². The summed E-state index contributed by atoms with van der Waals surface area (Å²) in [6, 6.07) is 15.2. The first-order valence-corrected chi connectivity index (χ1v) is 6.87. The van der Waals surface area contributed by atoms with E-state index in [1.807, 2.05) is 55.5 Å². The van der Waals surface area contributed by atoms with Gasteiger partial charge in [0.1, 0.15) is 0 Å². The molecule has 0 atom stereocenters. The number of hydrogen-bond acceptors (Lipinski definition) is 2. The highest BCUT2D eigenvalue weighted by Gasteiger charge is 2.02. The zero-order valence-corrected chi connectivity index (χ0v) is 12.1. The highest BCUT2D eigenvalue weighted by molar-refractivity contribution is 6.30. The lowest BCUT2D eigenvalue weighted by molar-refractivity contribution is -0.115. The summed E-state index contributed by atoms with van der Waals surface area (Å²) < 4.78 is 0. The second-order valence-corrected chi connectivity index (χ2v) is 5.04. The van der Waals surface area contributed by atoms with Gasteiger partial charge in [0, 0.05) is 29.4 Å². The van der Waals surface area contributed by atoms with Gasteiger partial charge in [0.15, 0.2) is 0 Å². The van der Waals surface area contributed by atoms with Crippen molar-refractivity contribution >= 4 is 28.9 Å². The highest BCUT2D eigenvalue weighted by atomic mass is 35.5. The third-order valence-corrected chi connectivity index (χ3v) is 3.04. The van der Waals surface area contributed by atoms with Crippen molar-refractivity contribution in [2.24, 2.45) is 0 Å². The van der Waals surface area contributed by atoms with E-state index in [1.54, 1.807) is 0 Å². The van der Waals surface area contributed by atoms with E-state index in [0.29, 0.717) is 18.0 Å². The molecule has 0 spiro atoms. The van der Waals surface area contributed by atoms with Gasteiger partial charge in [-0.2, -0.15) is 0 Å². The van der Waals surface area contributed by atoms with E-state index in [2.05, 4.69) is 10.6 Å². The molecule has 3 nitrogen and oxygen atoms in total. The summed E-state index contributed by atoms with van der Waals surface area (Å²) in [5, 5.41) is 6.72. The van der Waals surface area contributed by atoms with E-state index < -0.39 is 0 Å². The Balaban J connectivity index is 1.78. The highest BCUT2D eigenvalue weighted by Crippen LogP contribution is 2.15. The quantitative estimate of drug-likeness (QED) is 0.870. The predicted molar refractivity (Wildman–Crippen MR) is 84.4 cm³/mol. The summed E-state index contributed by atoms with van der Waals surface area (Å²) in [6.07, 6.45) is 0.403. The van der Waals surface area contributed by atoms with Gasteiger partial charge in [-0.15, -0.1) is 0 Å². The molecule has 0 heterocycles. The molecule has 4 heteroatoms. The van der Waals surface area contributed by atoms with E-state index in [9.17, 15) is 4.79 Å². The molecule has 0 aliphatic rings. The minimum Gasteiger partial charge on any atom is -0.384 e. The van der Waals surface area contributed by atoms with Crippen LogP contribution in [0.1, 0.15) is 12.0 Å². The van der Waals surface area contributed by atoms with Crippen molar-refractivity contribution in [1.82, 2.24) is 0 Å². The summed E-state index contributed by atoms with van der Waals surface area (Å²) in [5.41, 5.74) is 2.87. The summed E-state index contributed by atoms with van der Waals surface area (Å²) in [5.74, 6) is -0.00914. The summed E-state index contributed by atoms with van der Waals surface area (Å²) in [7, 11) is 0. The average Bonchev–Trinajstić information content (AvgIpc) is 2.38. The van der Waals surface area contributed by atoms with Crippen LogP contribution in [-0.4, -0.2) is 12.5 Å². The molecule has 20 heavy (non-hydrogen) atoms. The first-order chi connectivity index (χ1) is 9.63. The molecule has 0 radical (unpaired) electrons. The second-order valence-electron chi connectivity index (χ2n) is 4.60. The monoisotopic (exact) mass is 288 g/mol. The largest absolute Gasteiger partial charge is 0.384 e. The summed E-state index contributed by atoms with van der Waals surface area (Å²) >= 11 is 5.89. The Morgan fingerprint density at radius 1 is 1.10 bits per heavy atom. The first-order valence-electron chi connectivity index (χ1n) is 6.49. The van der Waals surface area contributed by atoms with Gasteiger partial charge >= 0.3 is 0 Å². The molecular weight excluding hydrogens is 272 g/mol. The van der Waals surface area contributed by atoms with Crippen molar-refractivity contribution in [3.63, 3.8) is 0 Å². The molecule has 0 bridgehead atoms. The van der Waals surface area contributed by atoms with E-state index in [0.717, 1.165) is 16.9 Å². The molecule has 0 aliphatic heterocycles. The number of halogens is 1. The van der Waals surface area contributed by atoms with Crippen LogP contribution in [0.25, 0.3) is 0 Å². The third kappa shape index (κ3) is 4.59. The Morgan fingerprint density at radius 3 is 2.60 bits per heavy atom. The van der Waals surface area contributed by atoms with Crippen LogP contribution in [0, 0.1) is 6.92 Å². The molecule has 104 valence electrons. The van der Waals surface area contributed by atoms with Crippen molar-refractivity contribution < 1.29 is 4.79 Å². The minimum absolute atomic E-state index is 0.00914. The average molecular weight is 289 g/mol. The van der Waals surface area contributed by atoms with Crippen LogP contribution in [0.15, 0.2) is 48.5 Å². The fourth-order valence-corrected chi connectivity index (χ4v) is 2.06. The molecule has 2 rings (SSSR count). The molecule has 0 fully saturated rings. The van der Waals surface area contributed by atoms with Crippen molar-refractivity contribution in [2.45, 2.75) is 13.3 Å².